The van der Waals surface area contributed by atoms with Gasteiger partial charge in [0.15, 0.2) is 0 Å². The van der Waals surface area contributed by atoms with Crippen molar-refractivity contribution in [3.63, 3.8) is 0 Å². The zero-order valence-corrected chi connectivity index (χ0v) is 6.87. The highest BCUT2D eigenvalue weighted by molar-refractivity contribution is 5.22. The van der Waals surface area contributed by atoms with Crippen LogP contribution in [0, 0.1) is 11.6 Å². The van der Waals surface area contributed by atoms with E-state index < -0.39 is 17.6 Å². The first-order valence-electron chi connectivity index (χ1n) is 3.85. The Hall–Kier alpha value is -1.00. The van der Waals surface area contributed by atoms with Crippen LogP contribution < -0.4 is 0 Å². The second kappa shape index (κ2) is 4.30. The summed E-state index contributed by atoms with van der Waals surface area (Å²) in [5, 5.41) is 17.5. The van der Waals surface area contributed by atoms with E-state index in [9.17, 15) is 8.78 Å². The predicted octanol–water partition coefficient (Wildman–Crippen LogP) is 1.03. The number of hydrogen-bond donors (Lipinski definition) is 2. The van der Waals surface area contributed by atoms with Crippen molar-refractivity contribution in [3.8, 4) is 0 Å². The minimum absolute atomic E-state index is 0.131. The number of rotatable bonds is 3. The topological polar surface area (TPSA) is 40.5 Å². The maximum atomic E-state index is 13.0. The standard InChI is InChI=1S/C9H10F2O2/c10-7-1-2-8(9(11)3-7)6(4-12)5-13/h1-3,6,12-13H,4-5H2. The van der Waals surface area contributed by atoms with Gasteiger partial charge in [0.2, 0.25) is 0 Å². The van der Waals surface area contributed by atoms with Gasteiger partial charge >= 0.3 is 0 Å². The van der Waals surface area contributed by atoms with E-state index in [1.807, 2.05) is 0 Å². The second-order valence-corrected chi connectivity index (χ2v) is 2.73. The fourth-order valence-corrected chi connectivity index (χ4v) is 1.09. The van der Waals surface area contributed by atoms with Crippen molar-refractivity contribution in [2.24, 2.45) is 0 Å². The lowest BCUT2D eigenvalue weighted by atomic mass is 10.0. The van der Waals surface area contributed by atoms with Gasteiger partial charge in [-0.05, 0) is 11.6 Å². The van der Waals surface area contributed by atoms with Gasteiger partial charge in [0, 0.05) is 12.0 Å². The molecule has 1 aromatic rings. The van der Waals surface area contributed by atoms with E-state index in [2.05, 4.69) is 0 Å². The van der Waals surface area contributed by atoms with Gasteiger partial charge in [-0.3, -0.25) is 0 Å². The summed E-state index contributed by atoms with van der Waals surface area (Å²) in [6.07, 6.45) is 0. The molecule has 0 saturated carbocycles. The van der Waals surface area contributed by atoms with E-state index in [4.69, 9.17) is 10.2 Å². The molecular weight excluding hydrogens is 178 g/mol. The molecule has 13 heavy (non-hydrogen) atoms. The van der Waals surface area contributed by atoms with Crippen LogP contribution in [0.4, 0.5) is 8.78 Å². The molecule has 0 aromatic heterocycles. The number of aliphatic hydroxyl groups is 2. The summed E-state index contributed by atoms with van der Waals surface area (Å²) in [7, 11) is 0. The highest BCUT2D eigenvalue weighted by Crippen LogP contribution is 2.19. The Morgan fingerprint density at radius 1 is 1.15 bits per heavy atom. The maximum Gasteiger partial charge on any atom is 0.129 e. The average Bonchev–Trinajstić information content (AvgIpc) is 2.10. The summed E-state index contributed by atoms with van der Waals surface area (Å²) in [4.78, 5) is 0. The summed E-state index contributed by atoms with van der Waals surface area (Å²) in [5.74, 6) is -2.09. The van der Waals surface area contributed by atoms with Crippen molar-refractivity contribution < 1.29 is 19.0 Å². The number of halogens is 2. The van der Waals surface area contributed by atoms with Crippen molar-refractivity contribution in [3.05, 3.63) is 35.4 Å². The van der Waals surface area contributed by atoms with E-state index in [1.165, 1.54) is 6.07 Å². The van der Waals surface area contributed by atoms with Gasteiger partial charge in [0.1, 0.15) is 11.6 Å². The fourth-order valence-electron chi connectivity index (χ4n) is 1.09. The highest BCUT2D eigenvalue weighted by atomic mass is 19.1. The van der Waals surface area contributed by atoms with Crippen LogP contribution in [-0.2, 0) is 0 Å². The lowest BCUT2D eigenvalue weighted by Crippen LogP contribution is -2.10. The number of benzene rings is 1. The van der Waals surface area contributed by atoms with Crippen molar-refractivity contribution in [1.82, 2.24) is 0 Å². The molecule has 0 bridgehead atoms. The largest absolute Gasteiger partial charge is 0.396 e. The lowest BCUT2D eigenvalue weighted by Gasteiger charge is -2.11. The predicted molar refractivity (Wildman–Crippen MR) is 43.3 cm³/mol. The van der Waals surface area contributed by atoms with Gasteiger partial charge in [-0.15, -0.1) is 0 Å². The van der Waals surface area contributed by atoms with E-state index >= 15 is 0 Å². The van der Waals surface area contributed by atoms with Crippen molar-refractivity contribution in [2.45, 2.75) is 5.92 Å². The van der Waals surface area contributed by atoms with E-state index in [0.717, 1.165) is 12.1 Å². The molecule has 1 aromatic carbocycles. The first-order valence-corrected chi connectivity index (χ1v) is 3.85. The Labute approximate surface area is 74.4 Å². The molecule has 0 aliphatic heterocycles. The molecule has 0 aliphatic rings. The smallest absolute Gasteiger partial charge is 0.129 e. The van der Waals surface area contributed by atoms with Crippen molar-refractivity contribution in [2.75, 3.05) is 13.2 Å². The zero-order chi connectivity index (χ0) is 9.84. The number of aliphatic hydroxyl groups excluding tert-OH is 2. The van der Waals surface area contributed by atoms with E-state index in [-0.39, 0.29) is 18.8 Å². The van der Waals surface area contributed by atoms with E-state index in [1.54, 1.807) is 0 Å². The quantitative estimate of drug-likeness (QED) is 0.743. The summed E-state index contributed by atoms with van der Waals surface area (Å²) < 4.78 is 25.5. The van der Waals surface area contributed by atoms with Crippen LogP contribution in [0.2, 0.25) is 0 Å². The zero-order valence-electron chi connectivity index (χ0n) is 6.87. The average molecular weight is 188 g/mol. The van der Waals surface area contributed by atoms with Crippen LogP contribution in [0.25, 0.3) is 0 Å². The molecular formula is C9H10F2O2. The molecule has 0 unspecified atom stereocenters. The molecule has 0 fully saturated rings. The Morgan fingerprint density at radius 2 is 1.77 bits per heavy atom. The van der Waals surface area contributed by atoms with Crippen molar-refractivity contribution >= 4 is 0 Å². The van der Waals surface area contributed by atoms with Gasteiger partial charge in [0.05, 0.1) is 13.2 Å². The molecule has 1 rings (SSSR count). The third kappa shape index (κ3) is 2.23. The summed E-state index contributed by atoms with van der Waals surface area (Å²) >= 11 is 0. The van der Waals surface area contributed by atoms with Gasteiger partial charge in [-0.25, -0.2) is 8.78 Å². The van der Waals surface area contributed by atoms with Crippen LogP contribution >= 0.6 is 0 Å². The number of hydrogen-bond acceptors (Lipinski definition) is 2. The molecule has 4 heteroatoms. The first-order chi connectivity index (χ1) is 6.19. The normalized spacial score (nSPS) is 10.8. The van der Waals surface area contributed by atoms with Gasteiger partial charge in [-0.1, -0.05) is 6.07 Å². The third-order valence-electron chi connectivity index (χ3n) is 1.84. The summed E-state index contributed by atoms with van der Waals surface area (Å²) in [5.41, 5.74) is 0.131. The van der Waals surface area contributed by atoms with Gasteiger partial charge in [-0.2, -0.15) is 0 Å². The second-order valence-electron chi connectivity index (χ2n) is 2.73. The Morgan fingerprint density at radius 3 is 2.23 bits per heavy atom. The monoisotopic (exact) mass is 188 g/mol. The SMILES string of the molecule is OCC(CO)c1ccc(F)cc1F. The van der Waals surface area contributed by atoms with Crippen LogP contribution in [0.5, 0.6) is 0 Å². The fraction of sp³-hybridized carbons (Fsp3) is 0.333. The van der Waals surface area contributed by atoms with Crippen molar-refractivity contribution in [1.29, 1.82) is 0 Å². The Balaban J connectivity index is 2.99. The first kappa shape index (κ1) is 10.1. The van der Waals surface area contributed by atoms with Crippen LogP contribution in [0.3, 0.4) is 0 Å². The van der Waals surface area contributed by atoms with E-state index in [0.29, 0.717) is 0 Å². The summed E-state index contributed by atoms with van der Waals surface area (Å²) in [6.45, 7) is -0.724. The Bertz CT molecular complexity index is 285. The molecule has 0 heterocycles. The molecule has 0 atom stereocenters. The van der Waals surface area contributed by atoms with Gasteiger partial charge < -0.3 is 10.2 Å². The molecule has 72 valence electrons. The molecule has 0 radical (unpaired) electrons. The lowest BCUT2D eigenvalue weighted by molar-refractivity contribution is 0.190. The van der Waals surface area contributed by atoms with Gasteiger partial charge in [0.25, 0.3) is 0 Å². The molecule has 2 nitrogen and oxygen atoms in total. The van der Waals surface area contributed by atoms with Crippen LogP contribution in [-0.4, -0.2) is 23.4 Å². The molecule has 0 saturated heterocycles. The summed E-state index contributed by atoms with van der Waals surface area (Å²) in [6, 6.07) is 3.05. The minimum atomic E-state index is -0.742. The molecule has 0 aliphatic carbocycles. The van der Waals surface area contributed by atoms with Crippen LogP contribution in [0.15, 0.2) is 18.2 Å². The highest BCUT2D eigenvalue weighted by Gasteiger charge is 2.14. The molecule has 0 amide bonds. The molecule has 2 N–H and O–H groups in total. The molecule has 0 spiro atoms. The minimum Gasteiger partial charge on any atom is -0.396 e. The maximum absolute atomic E-state index is 13.0. The third-order valence-corrected chi connectivity index (χ3v) is 1.84. The van der Waals surface area contributed by atoms with Crippen LogP contribution in [0.1, 0.15) is 11.5 Å². The Kier molecular flexibility index (Phi) is 3.33.